The molecule has 0 unspecified atom stereocenters. The zero-order valence-corrected chi connectivity index (χ0v) is 7.05. The van der Waals surface area contributed by atoms with E-state index in [1.807, 2.05) is 0 Å². The van der Waals surface area contributed by atoms with E-state index in [1.54, 1.807) is 0 Å². The molecule has 0 aliphatic heterocycles. The first kappa shape index (κ1) is 10.1. The Morgan fingerprint density at radius 1 is 1.64 bits per heavy atom. The lowest BCUT2D eigenvalue weighted by atomic mass is 10.1. The van der Waals surface area contributed by atoms with Crippen molar-refractivity contribution in [2.45, 2.75) is 6.42 Å². The fraction of sp³-hybridized carbons (Fsp3) is 0.125. The van der Waals surface area contributed by atoms with E-state index < -0.39 is 10.7 Å². The number of halogens is 1. The van der Waals surface area contributed by atoms with E-state index in [1.165, 1.54) is 6.07 Å². The largest absolute Gasteiger partial charge is 0.411 e. The monoisotopic (exact) mass is 198 g/mol. The van der Waals surface area contributed by atoms with Crippen LogP contribution in [0, 0.1) is 15.9 Å². The summed E-state index contributed by atoms with van der Waals surface area (Å²) in [6.07, 6.45) is 1.19. The predicted molar refractivity (Wildman–Crippen MR) is 47.0 cm³/mol. The lowest BCUT2D eigenvalue weighted by Crippen LogP contribution is -1.97. The molecule has 0 aliphatic carbocycles. The normalized spacial score (nSPS) is 10.6. The Morgan fingerprint density at radius 3 is 2.93 bits per heavy atom. The van der Waals surface area contributed by atoms with Crippen LogP contribution in [0.3, 0.4) is 0 Å². The van der Waals surface area contributed by atoms with Crippen molar-refractivity contribution in [3.63, 3.8) is 0 Å². The quantitative estimate of drug-likeness (QED) is 0.348. The number of nitro groups is 1. The van der Waals surface area contributed by atoms with E-state index in [4.69, 9.17) is 5.21 Å². The minimum atomic E-state index is -0.677. The van der Waals surface area contributed by atoms with Gasteiger partial charge >= 0.3 is 0 Å². The molecule has 14 heavy (non-hydrogen) atoms. The Hall–Kier alpha value is -1.98. The van der Waals surface area contributed by atoms with Gasteiger partial charge in [-0.05, 0) is 12.1 Å². The summed E-state index contributed by atoms with van der Waals surface area (Å²) in [6.45, 7) is 0. The van der Waals surface area contributed by atoms with Gasteiger partial charge in [0, 0.05) is 18.2 Å². The second-order valence-corrected chi connectivity index (χ2v) is 2.53. The van der Waals surface area contributed by atoms with E-state index in [-0.39, 0.29) is 12.1 Å². The lowest BCUT2D eigenvalue weighted by molar-refractivity contribution is -0.385. The third-order valence-electron chi connectivity index (χ3n) is 1.64. The molecule has 74 valence electrons. The summed E-state index contributed by atoms with van der Waals surface area (Å²) < 4.78 is 12.6. The standard InChI is InChI=1S/C8H7FN2O3/c9-7-2-1-6(3-4-10-12)8(5-7)11(13)14/h1-2,4-5,12H,3H2. The summed E-state index contributed by atoms with van der Waals surface area (Å²) in [7, 11) is 0. The van der Waals surface area contributed by atoms with Crippen molar-refractivity contribution in [1.29, 1.82) is 0 Å². The summed E-state index contributed by atoms with van der Waals surface area (Å²) >= 11 is 0. The molecule has 0 heterocycles. The molecule has 0 radical (unpaired) electrons. The van der Waals surface area contributed by atoms with Gasteiger partial charge in [-0.25, -0.2) is 4.39 Å². The molecule has 0 aliphatic rings. The van der Waals surface area contributed by atoms with Crippen molar-refractivity contribution < 1.29 is 14.5 Å². The highest BCUT2D eigenvalue weighted by molar-refractivity contribution is 5.63. The first-order chi connectivity index (χ1) is 6.65. The van der Waals surface area contributed by atoms with Gasteiger partial charge in [0.05, 0.1) is 11.0 Å². The molecule has 1 aromatic rings. The molecule has 0 saturated heterocycles. The number of nitrogens with zero attached hydrogens (tertiary/aromatic N) is 2. The molecule has 0 amide bonds. The second-order valence-electron chi connectivity index (χ2n) is 2.53. The van der Waals surface area contributed by atoms with Crippen LogP contribution in [0.1, 0.15) is 5.56 Å². The summed E-state index contributed by atoms with van der Waals surface area (Å²) in [6, 6.07) is 3.24. The van der Waals surface area contributed by atoms with Crippen LogP contribution < -0.4 is 0 Å². The molecular formula is C8H7FN2O3. The number of hydrogen-bond donors (Lipinski definition) is 1. The summed E-state index contributed by atoms with van der Waals surface area (Å²) in [5.74, 6) is -0.665. The highest BCUT2D eigenvalue weighted by atomic mass is 19.1. The average molecular weight is 198 g/mol. The van der Waals surface area contributed by atoms with Crippen molar-refractivity contribution in [1.82, 2.24) is 0 Å². The molecule has 0 fully saturated rings. The first-order valence-corrected chi connectivity index (χ1v) is 3.74. The van der Waals surface area contributed by atoms with Gasteiger partial charge in [0.2, 0.25) is 0 Å². The molecule has 6 heteroatoms. The fourth-order valence-corrected chi connectivity index (χ4v) is 1.02. The molecule has 0 saturated carbocycles. The van der Waals surface area contributed by atoms with Crippen molar-refractivity contribution in [2.75, 3.05) is 0 Å². The van der Waals surface area contributed by atoms with Gasteiger partial charge in [-0.3, -0.25) is 10.1 Å². The van der Waals surface area contributed by atoms with E-state index >= 15 is 0 Å². The van der Waals surface area contributed by atoms with Crippen molar-refractivity contribution in [3.05, 3.63) is 39.7 Å². The van der Waals surface area contributed by atoms with Crippen LogP contribution in [0.2, 0.25) is 0 Å². The van der Waals surface area contributed by atoms with Crippen LogP contribution in [0.15, 0.2) is 23.4 Å². The minimum Gasteiger partial charge on any atom is -0.411 e. The van der Waals surface area contributed by atoms with Crippen LogP contribution >= 0.6 is 0 Å². The molecule has 0 atom stereocenters. The summed E-state index contributed by atoms with van der Waals surface area (Å²) in [4.78, 5) is 9.79. The maximum absolute atomic E-state index is 12.6. The molecule has 0 aromatic heterocycles. The first-order valence-electron chi connectivity index (χ1n) is 3.74. The Kier molecular flexibility index (Phi) is 3.11. The van der Waals surface area contributed by atoms with E-state index in [0.717, 1.165) is 18.3 Å². The Morgan fingerprint density at radius 2 is 2.36 bits per heavy atom. The second kappa shape index (κ2) is 4.31. The van der Waals surface area contributed by atoms with Crippen LogP contribution in [0.25, 0.3) is 0 Å². The van der Waals surface area contributed by atoms with E-state index in [9.17, 15) is 14.5 Å². The van der Waals surface area contributed by atoms with Gasteiger partial charge < -0.3 is 5.21 Å². The summed E-state index contributed by atoms with van der Waals surface area (Å²) in [5.41, 5.74) is -0.0147. The number of benzene rings is 1. The fourth-order valence-electron chi connectivity index (χ4n) is 1.02. The maximum atomic E-state index is 12.6. The van der Waals surface area contributed by atoms with Crippen LogP contribution in [0.4, 0.5) is 10.1 Å². The molecule has 0 spiro atoms. The number of oxime groups is 1. The molecule has 0 bridgehead atoms. The Labute approximate surface area is 78.6 Å². The SMILES string of the molecule is O=[N+]([O-])c1cc(F)ccc1CC=NO. The number of hydrogen-bond acceptors (Lipinski definition) is 4. The van der Waals surface area contributed by atoms with Crippen LogP contribution in [-0.2, 0) is 6.42 Å². The topological polar surface area (TPSA) is 75.7 Å². The molecule has 1 rings (SSSR count). The van der Waals surface area contributed by atoms with Gasteiger partial charge in [-0.15, -0.1) is 5.16 Å². The van der Waals surface area contributed by atoms with Gasteiger partial charge in [0.25, 0.3) is 5.69 Å². The van der Waals surface area contributed by atoms with Crippen LogP contribution in [-0.4, -0.2) is 16.3 Å². The van der Waals surface area contributed by atoms with E-state index in [2.05, 4.69) is 5.16 Å². The Bertz CT molecular complexity index is 379. The third kappa shape index (κ3) is 2.25. The zero-order valence-electron chi connectivity index (χ0n) is 7.05. The maximum Gasteiger partial charge on any atom is 0.275 e. The average Bonchev–Trinajstić information content (AvgIpc) is 2.15. The van der Waals surface area contributed by atoms with Gasteiger partial charge in [-0.2, -0.15) is 0 Å². The number of nitro benzene ring substituents is 1. The zero-order chi connectivity index (χ0) is 10.6. The smallest absolute Gasteiger partial charge is 0.275 e. The molecule has 1 aromatic carbocycles. The Balaban J connectivity index is 3.08. The minimum absolute atomic E-state index is 0.0904. The highest BCUT2D eigenvalue weighted by Crippen LogP contribution is 2.19. The number of rotatable bonds is 3. The molecular weight excluding hydrogens is 191 g/mol. The predicted octanol–water partition coefficient (Wildman–Crippen LogP) is 1.74. The van der Waals surface area contributed by atoms with Crippen molar-refractivity contribution in [2.24, 2.45) is 5.16 Å². The van der Waals surface area contributed by atoms with Gasteiger partial charge in [-0.1, -0.05) is 0 Å². The van der Waals surface area contributed by atoms with Crippen molar-refractivity contribution >= 4 is 11.9 Å². The molecule has 5 nitrogen and oxygen atoms in total. The van der Waals surface area contributed by atoms with Gasteiger partial charge in [0.15, 0.2) is 0 Å². The highest BCUT2D eigenvalue weighted by Gasteiger charge is 2.13. The van der Waals surface area contributed by atoms with Gasteiger partial charge in [0.1, 0.15) is 5.82 Å². The van der Waals surface area contributed by atoms with Crippen LogP contribution in [0.5, 0.6) is 0 Å². The van der Waals surface area contributed by atoms with E-state index in [0.29, 0.717) is 5.56 Å². The summed E-state index contributed by atoms with van der Waals surface area (Å²) in [5, 5.41) is 21.3. The van der Waals surface area contributed by atoms with Crippen molar-refractivity contribution in [3.8, 4) is 0 Å². The lowest BCUT2D eigenvalue weighted by Gasteiger charge is -1.98. The third-order valence-corrected chi connectivity index (χ3v) is 1.64. The molecule has 1 N–H and O–H groups in total.